The molecule has 0 unspecified atom stereocenters. The highest BCUT2D eigenvalue weighted by Gasteiger charge is 2.24. The number of hydrogen-bond acceptors (Lipinski definition) is 2. The van der Waals surface area contributed by atoms with Crippen molar-refractivity contribution in [2.45, 2.75) is 46.3 Å². The molecule has 0 aromatic heterocycles. The molecule has 0 aliphatic carbocycles. The van der Waals surface area contributed by atoms with E-state index in [1.54, 1.807) is 0 Å². The van der Waals surface area contributed by atoms with E-state index in [1.165, 1.54) is 16.7 Å². The van der Waals surface area contributed by atoms with Gasteiger partial charge in [0.1, 0.15) is 0 Å². The largest absolute Gasteiger partial charge is 0.392 e. The Balaban J connectivity index is 2.56. The van der Waals surface area contributed by atoms with Crippen molar-refractivity contribution in [3.8, 4) is 0 Å². The second-order valence-corrected chi connectivity index (χ2v) is 6.36. The third-order valence-corrected chi connectivity index (χ3v) is 4.08. The smallest absolute Gasteiger partial charge is 0.0682 e. The van der Waals surface area contributed by atoms with Gasteiger partial charge in [0.05, 0.1) is 13.2 Å². The summed E-state index contributed by atoms with van der Waals surface area (Å²) in [4.78, 5) is 0. The standard InChI is InChI=1S/C19H24O2/c1-13-5-14(2)7-17(6-13)19(3,4)18-9-15(11-20)8-16(10-18)12-21/h5-10,20-21H,11-12H2,1-4H3. The predicted molar refractivity (Wildman–Crippen MR) is 86.3 cm³/mol. The number of hydrogen-bond donors (Lipinski definition) is 2. The van der Waals surface area contributed by atoms with Crippen LogP contribution >= 0.6 is 0 Å². The maximum Gasteiger partial charge on any atom is 0.0682 e. The van der Waals surface area contributed by atoms with Gasteiger partial charge in [-0.3, -0.25) is 0 Å². The molecule has 2 aromatic rings. The Morgan fingerprint density at radius 3 is 1.57 bits per heavy atom. The Kier molecular flexibility index (Phi) is 4.50. The molecule has 2 heteroatoms. The van der Waals surface area contributed by atoms with Gasteiger partial charge in [0.15, 0.2) is 0 Å². The van der Waals surface area contributed by atoms with Crippen molar-refractivity contribution >= 4 is 0 Å². The summed E-state index contributed by atoms with van der Waals surface area (Å²) < 4.78 is 0. The molecular formula is C19H24O2. The van der Waals surface area contributed by atoms with Crippen LogP contribution in [0.1, 0.15) is 47.2 Å². The molecular weight excluding hydrogens is 260 g/mol. The highest BCUT2D eigenvalue weighted by molar-refractivity contribution is 5.44. The van der Waals surface area contributed by atoms with E-state index in [-0.39, 0.29) is 18.6 Å². The normalized spacial score (nSPS) is 11.7. The van der Waals surface area contributed by atoms with Crippen LogP contribution in [-0.2, 0) is 18.6 Å². The molecule has 0 radical (unpaired) electrons. The molecule has 0 atom stereocenters. The van der Waals surface area contributed by atoms with E-state index < -0.39 is 0 Å². The minimum Gasteiger partial charge on any atom is -0.392 e. The summed E-state index contributed by atoms with van der Waals surface area (Å²) in [6.45, 7) is 8.55. The lowest BCUT2D eigenvalue weighted by molar-refractivity contribution is 0.275. The Bertz CT molecular complexity index is 600. The van der Waals surface area contributed by atoms with Crippen molar-refractivity contribution in [3.05, 3.63) is 69.8 Å². The molecule has 0 amide bonds. The second-order valence-electron chi connectivity index (χ2n) is 6.36. The average molecular weight is 284 g/mol. The summed E-state index contributed by atoms with van der Waals surface area (Å²) in [5.41, 5.74) is 6.37. The second kappa shape index (κ2) is 6.00. The van der Waals surface area contributed by atoms with Crippen molar-refractivity contribution in [2.24, 2.45) is 0 Å². The first-order valence-electron chi connectivity index (χ1n) is 7.30. The average Bonchev–Trinajstić information content (AvgIpc) is 2.45. The molecule has 0 fully saturated rings. The minimum absolute atomic E-state index is 0.0102. The monoisotopic (exact) mass is 284 g/mol. The van der Waals surface area contributed by atoms with Crippen molar-refractivity contribution in [1.82, 2.24) is 0 Å². The fourth-order valence-electron chi connectivity index (χ4n) is 2.81. The summed E-state index contributed by atoms with van der Waals surface area (Å²) in [7, 11) is 0. The first kappa shape index (κ1) is 15.7. The lowest BCUT2D eigenvalue weighted by Gasteiger charge is -2.28. The van der Waals surface area contributed by atoms with E-state index in [2.05, 4.69) is 45.9 Å². The molecule has 2 N–H and O–H groups in total. The minimum atomic E-state index is -0.175. The van der Waals surface area contributed by atoms with E-state index in [0.717, 1.165) is 16.7 Å². The van der Waals surface area contributed by atoms with Crippen LogP contribution in [0.3, 0.4) is 0 Å². The molecule has 0 saturated heterocycles. The highest BCUT2D eigenvalue weighted by atomic mass is 16.3. The number of aliphatic hydroxyl groups excluding tert-OH is 2. The lowest BCUT2D eigenvalue weighted by Crippen LogP contribution is -2.20. The number of rotatable bonds is 4. The van der Waals surface area contributed by atoms with E-state index >= 15 is 0 Å². The first-order chi connectivity index (χ1) is 9.86. The molecule has 2 rings (SSSR count). The van der Waals surface area contributed by atoms with Gasteiger partial charge in [-0.05, 0) is 36.1 Å². The van der Waals surface area contributed by atoms with Gasteiger partial charge in [-0.1, -0.05) is 61.4 Å². The molecule has 112 valence electrons. The number of aryl methyl sites for hydroxylation is 2. The van der Waals surface area contributed by atoms with Crippen LogP contribution < -0.4 is 0 Å². The highest BCUT2D eigenvalue weighted by Crippen LogP contribution is 2.33. The van der Waals surface area contributed by atoms with Gasteiger partial charge in [0.25, 0.3) is 0 Å². The molecule has 2 aromatic carbocycles. The summed E-state index contributed by atoms with van der Waals surface area (Å²) in [6.07, 6.45) is 0. The zero-order valence-corrected chi connectivity index (χ0v) is 13.3. The molecule has 0 saturated carbocycles. The zero-order valence-electron chi connectivity index (χ0n) is 13.3. The van der Waals surface area contributed by atoms with Crippen LogP contribution in [0, 0.1) is 13.8 Å². The number of aliphatic hydroxyl groups is 2. The first-order valence-corrected chi connectivity index (χ1v) is 7.30. The van der Waals surface area contributed by atoms with Crippen LogP contribution in [0.25, 0.3) is 0 Å². The fourth-order valence-corrected chi connectivity index (χ4v) is 2.81. The van der Waals surface area contributed by atoms with Crippen molar-refractivity contribution in [1.29, 1.82) is 0 Å². The zero-order chi connectivity index (χ0) is 15.6. The topological polar surface area (TPSA) is 40.5 Å². The van der Waals surface area contributed by atoms with Crippen molar-refractivity contribution in [3.63, 3.8) is 0 Å². The van der Waals surface area contributed by atoms with Crippen molar-refractivity contribution < 1.29 is 10.2 Å². The number of benzene rings is 2. The maximum atomic E-state index is 9.42. The maximum absolute atomic E-state index is 9.42. The van der Waals surface area contributed by atoms with E-state index in [0.29, 0.717) is 0 Å². The summed E-state index contributed by atoms with van der Waals surface area (Å²) in [5, 5.41) is 18.8. The van der Waals surface area contributed by atoms with Crippen LogP contribution in [-0.4, -0.2) is 10.2 Å². The third-order valence-electron chi connectivity index (χ3n) is 4.08. The fraction of sp³-hybridized carbons (Fsp3) is 0.368. The summed E-state index contributed by atoms with van der Waals surface area (Å²) in [6, 6.07) is 12.5. The van der Waals surface area contributed by atoms with E-state index in [4.69, 9.17) is 0 Å². The Morgan fingerprint density at radius 2 is 1.14 bits per heavy atom. The van der Waals surface area contributed by atoms with Gasteiger partial charge in [0.2, 0.25) is 0 Å². The van der Waals surface area contributed by atoms with E-state index in [9.17, 15) is 10.2 Å². The van der Waals surface area contributed by atoms with E-state index in [1.807, 2.05) is 18.2 Å². The van der Waals surface area contributed by atoms with Crippen LogP contribution in [0.4, 0.5) is 0 Å². The van der Waals surface area contributed by atoms with Crippen LogP contribution in [0.2, 0.25) is 0 Å². The summed E-state index contributed by atoms with van der Waals surface area (Å²) in [5.74, 6) is 0. The SMILES string of the molecule is Cc1cc(C)cc(C(C)(C)c2cc(CO)cc(CO)c2)c1. The molecule has 0 aliphatic rings. The van der Waals surface area contributed by atoms with Gasteiger partial charge in [0, 0.05) is 5.41 Å². The van der Waals surface area contributed by atoms with Crippen LogP contribution in [0.15, 0.2) is 36.4 Å². The van der Waals surface area contributed by atoms with Gasteiger partial charge in [-0.15, -0.1) is 0 Å². The quantitative estimate of drug-likeness (QED) is 0.900. The predicted octanol–water partition coefficient (Wildman–Crippen LogP) is 3.61. The van der Waals surface area contributed by atoms with Gasteiger partial charge < -0.3 is 10.2 Å². The van der Waals surface area contributed by atoms with Crippen LogP contribution in [0.5, 0.6) is 0 Å². The third kappa shape index (κ3) is 3.34. The Labute approximate surface area is 127 Å². The molecule has 0 spiro atoms. The van der Waals surface area contributed by atoms with Gasteiger partial charge in [-0.2, -0.15) is 0 Å². The Morgan fingerprint density at radius 1 is 0.714 bits per heavy atom. The Hall–Kier alpha value is -1.64. The molecule has 0 bridgehead atoms. The molecule has 21 heavy (non-hydrogen) atoms. The molecule has 2 nitrogen and oxygen atoms in total. The molecule has 0 aliphatic heterocycles. The van der Waals surface area contributed by atoms with Gasteiger partial charge in [-0.25, -0.2) is 0 Å². The van der Waals surface area contributed by atoms with Crippen molar-refractivity contribution in [2.75, 3.05) is 0 Å². The lowest BCUT2D eigenvalue weighted by atomic mass is 9.76. The summed E-state index contributed by atoms with van der Waals surface area (Å²) >= 11 is 0. The molecule has 0 heterocycles. The van der Waals surface area contributed by atoms with Gasteiger partial charge >= 0.3 is 0 Å².